The summed E-state index contributed by atoms with van der Waals surface area (Å²) in [7, 11) is 0. The standard InChI is InChI=1S/C14H22N2O4/c1-13(2,3)16(15)14(4,12(19)20)8-9-5-6-10(17)11(18)7-9/h5-7,17-18H,8,15H2,1-4H3,(H,19,20). The predicted octanol–water partition coefficient (Wildman–Crippen LogP) is 1.46. The van der Waals surface area contributed by atoms with Crippen molar-refractivity contribution in [2.24, 2.45) is 5.84 Å². The Labute approximate surface area is 118 Å². The minimum atomic E-state index is -1.33. The molecule has 1 aromatic rings. The summed E-state index contributed by atoms with van der Waals surface area (Å²) in [5.74, 6) is 4.41. The Morgan fingerprint density at radius 2 is 1.75 bits per heavy atom. The van der Waals surface area contributed by atoms with Gasteiger partial charge in [-0.3, -0.25) is 10.6 Å². The molecule has 0 spiro atoms. The van der Waals surface area contributed by atoms with Gasteiger partial charge in [0.15, 0.2) is 11.5 Å². The SMILES string of the molecule is CC(C)(C)N(N)C(C)(Cc1ccc(O)c(O)c1)C(=O)O. The van der Waals surface area contributed by atoms with Gasteiger partial charge in [0.1, 0.15) is 5.54 Å². The quantitative estimate of drug-likeness (QED) is 0.378. The molecule has 1 aromatic carbocycles. The zero-order valence-corrected chi connectivity index (χ0v) is 12.2. The molecule has 0 aromatic heterocycles. The van der Waals surface area contributed by atoms with Crippen LogP contribution in [-0.4, -0.2) is 37.4 Å². The van der Waals surface area contributed by atoms with Crippen LogP contribution in [0.4, 0.5) is 0 Å². The zero-order valence-electron chi connectivity index (χ0n) is 12.2. The van der Waals surface area contributed by atoms with Gasteiger partial charge in [0.25, 0.3) is 0 Å². The van der Waals surface area contributed by atoms with E-state index >= 15 is 0 Å². The van der Waals surface area contributed by atoms with E-state index < -0.39 is 17.0 Å². The molecule has 0 aliphatic carbocycles. The van der Waals surface area contributed by atoms with Gasteiger partial charge in [0, 0.05) is 12.0 Å². The van der Waals surface area contributed by atoms with Gasteiger partial charge in [-0.15, -0.1) is 0 Å². The minimum Gasteiger partial charge on any atom is -0.504 e. The van der Waals surface area contributed by atoms with E-state index in [0.29, 0.717) is 5.56 Å². The fraction of sp³-hybridized carbons (Fsp3) is 0.500. The van der Waals surface area contributed by atoms with Crippen LogP contribution in [0.25, 0.3) is 0 Å². The minimum absolute atomic E-state index is 0.101. The lowest BCUT2D eigenvalue weighted by atomic mass is 9.88. The number of aliphatic carboxylic acids is 1. The molecule has 1 rings (SSSR count). The highest BCUT2D eigenvalue weighted by atomic mass is 16.4. The number of nitrogens with two attached hydrogens (primary N) is 1. The fourth-order valence-electron chi connectivity index (χ4n) is 2.08. The molecule has 1 atom stereocenters. The number of phenols is 2. The van der Waals surface area contributed by atoms with Crippen LogP contribution >= 0.6 is 0 Å². The smallest absolute Gasteiger partial charge is 0.325 e. The highest BCUT2D eigenvalue weighted by Crippen LogP contribution is 2.30. The van der Waals surface area contributed by atoms with Crippen molar-refractivity contribution in [3.63, 3.8) is 0 Å². The summed E-state index contributed by atoms with van der Waals surface area (Å²) in [6, 6.07) is 4.23. The first-order valence-corrected chi connectivity index (χ1v) is 6.28. The normalized spacial score (nSPS) is 15.1. The molecule has 6 heteroatoms. The van der Waals surface area contributed by atoms with Crippen LogP contribution in [0.2, 0.25) is 0 Å². The Kier molecular flexibility index (Phi) is 4.31. The molecule has 1 unspecified atom stereocenters. The van der Waals surface area contributed by atoms with Crippen molar-refractivity contribution >= 4 is 5.97 Å². The van der Waals surface area contributed by atoms with Crippen molar-refractivity contribution in [1.82, 2.24) is 5.01 Å². The van der Waals surface area contributed by atoms with E-state index in [4.69, 9.17) is 5.84 Å². The topological polar surface area (TPSA) is 107 Å². The van der Waals surface area contributed by atoms with E-state index in [0.717, 1.165) is 0 Å². The maximum Gasteiger partial charge on any atom is 0.325 e. The molecule has 0 aliphatic rings. The first kappa shape index (κ1) is 16.3. The number of carboxylic acids is 1. The Morgan fingerprint density at radius 3 is 2.15 bits per heavy atom. The lowest BCUT2D eigenvalue weighted by molar-refractivity contribution is -0.155. The Hall–Kier alpha value is -1.79. The van der Waals surface area contributed by atoms with E-state index in [1.54, 1.807) is 6.07 Å². The fourth-order valence-corrected chi connectivity index (χ4v) is 2.08. The molecule has 0 heterocycles. The maximum atomic E-state index is 11.6. The molecular weight excluding hydrogens is 260 g/mol. The monoisotopic (exact) mass is 282 g/mol. The number of carboxylic acid groups (broad SMARTS) is 1. The van der Waals surface area contributed by atoms with E-state index in [1.807, 2.05) is 20.8 Å². The van der Waals surface area contributed by atoms with Crippen molar-refractivity contribution in [3.8, 4) is 11.5 Å². The number of benzene rings is 1. The molecule has 20 heavy (non-hydrogen) atoms. The molecule has 0 fully saturated rings. The van der Waals surface area contributed by atoms with Crippen LogP contribution in [0.1, 0.15) is 33.3 Å². The number of rotatable bonds is 4. The van der Waals surface area contributed by atoms with Crippen molar-refractivity contribution in [2.45, 2.75) is 45.2 Å². The summed E-state index contributed by atoms with van der Waals surface area (Å²) in [5, 5.41) is 29.6. The number of nitrogens with zero attached hydrogens (tertiary/aromatic N) is 1. The molecule has 5 N–H and O–H groups in total. The molecule has 0 radical (unpaired) electrons. The first-order valence-electron chi connectivity index (χ1n) is 6.28. The molecule has 6 nitrogen and oxygen atoms in total. The van der Waals surface area contributed by atoms with Crippen LogP contribution in [0.3, 0.4) is 0 Å². The maximum absolute atomic E-state index is 11.6. The number of aromatic hydroxyl groups is 2. The van der Waals surface area contributed by atoms with Crippen LogP contribution in [0, 0.1) is 0 Å². The lowest BCUT2D eigenvalue weighted by Gasteiger charge is -2.43. The van der Waals surface area contributed by atoms with Crippen molar-refractivity contribution < 1.29 is 20.1 Å². The Bertz CT molecular complexity index is 510. The molecular formula is C14H22N2O4. The summed E-state index contributed by atoms with van der Waals surface area (Å²) < 4.78 is 0. The second-order valence-electron chi connectivity index (χ2n) is 6.12. The van der Waals surface area contributed by atoms with E-state index in [9.17, 15) is 20.1 Å². The van der Waals surface area contributed by atoms with Crippen LogP contribution in [0.5, 0.6) is 11.5 Å². The summed E-state index contributed by atoms with van der Waals surface area (Å²) in [6.07, 6.45) is 0.101. The average molecular weight is 282 g/mol. The van der Waals surface area contributed by atoms with E-state index in [2.05, 4.69) is 0 Å². The molecule has 0 saturated carbocycles. The van der Waals surface area contributed by atoms with Gasteiger partial charge in [-0.2, -0.15) is 0 Å². The number of hydrazine groups is 1. The summed E-state index contributed by atoms with van der Waals surface area (Å²) >= 11 is 0. The highest BCUT2D eigenvalue weighted by Gasteiger charge is 2.43. The number of phenolic OH excluding ortho intramolecular Hbond substituents is 2. The van der Waals surface area contributed by atoms with Crippen LogP contribution in [0.15, 0.2) is 18.2 Å². The van der Waals surface area contributed by atoms with Crippen molar-refractivity contribution in [3.05, 3.63) is 23.8 Å². The molecule has 112 valence electrons. The predicted molar refractivity (Wildman–Crippen MR) is 75.3 cm³/mol. The molecule has 0 amide bonds. The van der Waals surface area contributed by atoms with Crippen LogP contribution < -0.4 is 5.84 Å². The third kappa shape index (κ3) is 3.20. The summed E-state index contributed by atoms with van der Waals surface area (Å²) in [6.45, 7) is 7.00. The van der Waals surface area contributed by atoms with Gasteiger partial charge in [0.05, 0.1) is 0 Å². The largest absolute Gasteiger partial charge is 0.504 e. The van der Waals surface area contributed by atoms with E-state index in [1.165, 1.54) is 24.1 Å². The first-order chi connectivity index (χ1) is 8.98. The Morgan fingerprint density at radius 1 is 1.20 bits per heavy atom. The molecule has 0 bridgehead atoms. The van der Waals surface area contributed by atoms with Gasteiger partial charge in [-0.1, -0.05) is 6.07 Å². The van der Waals surface area contributed by atoms with E-state index in [-0.39, 0.29) is 17.9 Å². The van der Waals surface area contributed by atoms with Crippen LogP contribution in [-0.2, 0) is 11.2 Å². The number of hydrogen-bond donors (Lipinski definition) is 4. The number of carbonyl (C=O) groups is 1. The third-order valence-corrected chi connectivity index (χ3v) is 3.30. The van der Waals surface area contributed by atoms with Crippen molar-refractivity contribution in [2.75, 3.05) is 0 Å². The second-order valence-corrected chi connectivity index (χ2v) is 6.12. The summed E-state index contributed by atoms with van der Waals surface area (Å²) in [5.41, 5.74) is -1.29. The average Bonchev–Trinajstić information content (AvgIpc) is 2.31. The zero-order chi connectivity index (χ0) is 15.7. The van der Waals surface area contributed by atoms with Gasteiger partial charge >= 0.3 is 5.97 Å². The van der Waals surface area contributed by atoms with Gasteiger partial charge in [0.2, 0.25) is 0 Å². The lowest BCUT2D eigenvalue weighted by Crippen LogP contribution is -2.64. The summed E-state index contributed by atoms with van der Waals surface area (Å²) in [4.78, 5) is 11.6. The second kappa shape index (κ2) is 5.30. The van der Waals surface area contributed by atoms with Gasteiger partial charge in [-0.25, -0.2) is 5.01 Å². The molecule has 0 saturated heterocycles. The van der Waals surface area contributed by atoms with Gasteiger partial charge in [-0.05, 0) is 45.4 Å². The molecule has 0 aliphatic heterocycles. The number of hydrogen-bond acceptors (Lipinski definition) is 5. The third-order valence-electron chi connectivity index (χ3n) is 3.30. The Balaban J connectivity index is 3.15. The highest BCUT2D eigenvalue weighted by molar-refractivity contribution is 5.78. The van der Waals surface area contributed by atoms with Gasteiger partial charge < -0.3 is 15.3 Å². The van der Waals surface area contributed by atoms with Crippen molar-refractivity contribution in [1.29, 1.82) is 0 Å².